The van der Waals surface area contributed by atoms with E-state index in [0.717, 1.165) is 38.2 Å². The first-order valence-electron chi connectivity index (χ1n) is 10.2. The van der Waals surface area contributed by atoms with Crippen LogP contribution in [0.4, 0.5) is 4.79 Å². The van der Waals surface area contributed by atoms with E-state index in [-0.39, 0.29) is 17.8 Å². The van der Waals surface area contributed by atoms with E-state index in [1.165, 1.54) is 5.56 Å². The molecule has 28 heavy (non-hydrogen) atoms. The Kier molecular flexibility index (Phi) is 6.20. The van der Waals surface area contributed by atoms with Crippen LogP contribution in [0.2, 0.25) is 0 Å². The standard InChI is InChI=1S/C22H34N2O4/c1-17-14-23(15-18-6-8-19(26-5)9-7-18)16-22(27-17)10-12-24(13-11-22)20(25)28-21(2,3)4/h6-9,17H,10-16H2,1-5H3/t17-/m1/s1. The Bertz CT molecular complexity index is 660. The molecule has 0 N–H and O–H groups in total. The number of morpholine rings is 1. The van der Waals surface area contributed by atoms with Gasteiger partial charge in [0, 0.05) is 32.7 Å². The van der Waals surface area contributed by atoms with E-state index in [9.17, 15) is 4.79 Å². The molecule has 6 heteroatoms. The first kappa shape index (κ1) is 20.9. The third-order valence-electron chi connectivity index (χ3n) is 5.37. The Morgan fingerprint density at radius 1 is 1.21 bits per heavy atom. The van der Waals surface area contributed by atoms with Crippen molar-refractivity contribution in [3.8, 4) is 5.75 Å². The fourth-order valence-electron chi connectivity index (χ4n) is 4.15. The van der Waals surface area contributed by atoms with Gasteiger partial charge in [-0.05, 0) is 58.2 Å². The van der Waals surface area contributed by atoms with E-state index in [0.29, 0.717) is 13.1 Å². The van der Waals surface area contributed by atoms with Crippen molar-refractivity contribution in [1.29, 1.82) is 0 Å². The lowest BCUT2D eigenvalue weighted by Gasteiger charge is -2.49. The Hall–Kier alpha value is -1.79. The normalized spacial score (nSPS) is 22.9. The second-order valence-corrected chi connectivity index (χ2v) is 9.10. The second kappa shape index (κ2) is 8.29. The lowest BCUT2D eigenvalue weighted by molar-refractivity contribution is -0.170. The molecule has 1 aromatic carbocycles. The molecule has 0 aromatic heterocycles. The van der Waals surface area contributed by atoms with E-state index >= 15 is 0 Å². The zero-order valence-corrected chi connectivity index (χ0v) is 17.9. The SMILES string of the molecule is COc1ccc(CN2C[C@@H](C)OC3(CCN(C(=O)OC(C)(C)C)CC3)C2)cc1. The Morgan fingerprint density at radius 3 is 2.43 bits per heavy atom. The molecule has 0 radical (unpaired) electrons. The third-order valence-corrected chi connectivity index (χ3v) is 5.37. The number of carbonyl (C=O) groups is 1. The summed E-state index contributed by atoms with van der Waals surface area (Å²) in [6.45, 7) is 11.9. The van der Waals surface area contributed by atoms with Crippen LogP contribution in [-0.4, -0.2) is 66.5 Å². The van der Waals surface area contributed by atoms with Crippen LogP contribution >= 0.6 is 0 Å². The first-order valence-corrected chi connectivity index (χ1v) is 10.2. The molecule has 6 nitrogen and oxygen atoms in total. The summed E-state index contributed by atoms with van der Waals surface area (Å²) < 4.78 is 17.2. The average molecular weight is 391 g/mol. The highest BCUT2D eigenvalue weighted by Gasteiger charge is 2.43. The van der Waals surface area contributed by atoms with Crippen LogP contribution in [0.15, 0.2) is 24.3 Å². The minimum absolute atomic E-state index is 0.178. The van der Waals surface area contributed by atoms with Crippen LogP contribution in [0.3, 0.4) is 0 Å². The van der Waals surface area contributed by atoms with E-state index in [1.807, 2.05) is 37.8 Å². The number of rotatable bonds is 3. The van der Waals surface area contributed by atoms with Gasteiger partial charge in [0.25, 0.3) is 0 Å². The highest BCUT2D eigenvalue weighted by Crippen LogP contribution is 2.33. The van der Waals surface area contributed by atoms with Gasteiger partial charge in [-0.15, -0.1) is 0 Å². The number of likely N-dealkylation sites (tertiary alicyclic amines) is 1. The molecule has 2 saturated heterocycles. The largest absolute Gasteiger partial charge is 0.497 e. The number of hydrogen-bond donors (Lipinski definition) is 0. The zero-order chi connectivity index (χ0) is 20.4. The van der Waals surface area contributed by atoms with E-state index in [2.05, 4.69) is 24.0 Å². The minimum atomic E-state index is -0.461. The molecule has 2 heterocycles. The summed E-state index contributed by atoms with van der Waals surface area (Å²) in [5.41, 5.74) is 0.635. The average Bonchev–Trinajstić information content (AvgIpc) is 2.61. The van der Waals surface area contributed by atoms with Crippen molar-refractivity contribution >= 4 is 6.09 Å². The minimum Gasteiger partial charge on any atom is -0.497 e. The zero-order valence-electron chi connectivity index (χ0n) is 17.9. The summed E-state index contributed by atoms with van der Waals surface area (Å²) in [5, 5.41) is 0. The Labute approximate surface area is 168 Å². The predicted octanol–water partition coefficient (Wildman–Crippen LogP) is 3.69. The van der Waals surface area contributed by atoms with Gasteiger partial charge >= 0.3 is 6.09 Å². The maximum absolute atomic E-state index is 12.3. The highest BCUT2D eigenvalue weighted by atomic mass is 16.6. The van der Waals surface area contributed by atoms with E-state index in [1.54, 1.807) is 7.11 Å². The lowest BCUT2D eigenvalue weighted by Crippen LogP contribution is -2.59. The van der Waals surface area contributed by atoms with Gasteiger partial charge in [-0.25, -0.2) is 4.79 Å². The topological polar surface area (TPSA) is 51.2 Å². The fraction of sp³-hybridized carbons (Fsp3) is 0.682. The van der Waals surface area contributed by atoms with Gasteiger partial charge in [-0.1, -0.05) is 12.1 Å². The number of carbonyl (C=O) groups excluding carboxylic acids is 1. The first-order chi connectivity index (χ1) is 13.2. The molecule has 0 unspecified atom stereocenters. The van der Waals surface area contributed by atoms with Crippen molar-refractivity contribution in [2.75, 3.05) is 33.3 Å². The second-order valence-electron chi connectivity index (χ2n) is 9.10. The quantitative estimate of drug-likeness (QED) is 0.788. The number of nitrogens with zero attached hydrogens (tertiary/aromatic N) is 2. The van der Waals surface area contributed by atoms with Crippen LogP contribution in [0.5, 0.6) is 5.75 Å². The monoisotopic (exact) mass is 390 g/mol. The molecular weight excluding hydrogens is 356 g/mol. The van der Waals surface area contributed by atoms with Crippen molar-refractivity contribution in [3.05, 3.63) is 29.8 Å². The van der Waals surface area contributed by atoms with Crippen molar-refractivity contribution in [1.82, 2.24) is 9.80 Å². The van der Waals surface area contributed by atoms with Gasteiger partial charge < -0.3 is 19.1 Å². The number of amides is 1. The number of hydrogen-bond acceptors (Lipinski definition) is 5. The summed E-state index contributed by atoms with van der Waals surface area (Å²) in [7, 11) is 1.69. The molecule has 156 valence electrons. The third kappa shape index (κ3) is 5.39. The molecule has 1 spiro atoms. The van der Waals surface area contributed by atoms with Crippen molar-refractivity contribution in [3.63, 3.8) is 0 Å². The number of piperidine rings is 1. The molecule has 0 saturated carbocycles. The molecule has 1 aromatic rings. The Balaban J connectivity index is 1.59. The smallest absolute Gasteiger partial charge is 0.410 e. The van der Waals surface area contributed by atoms with Crippen LogP contribution in [-0.2, 0) is 16.0 Å². The van der Waals surface area contributed by atoms with Crippen LogP contribution < -0.4 is 4.74 Å². The highest BCUT2D eigenvalue weighted by molar-refractivity contribution is 5.68. The molecular formula is C22H34N2O4. The summed E-state index contributed by atoms with van der Waals surface area (Å²) in [6, 6.07) is 8.26. The maximum atomic E-state index is 12.3. The van der Waals surface area contributed by atoms with E-state index in [4.69, 9.17) is 14.2 Å². The van der Waals surface area contributed by atoms with Gasteiger partial charge in [0.15, 0.2) is 0 Å². The van der Waals surface area contributed by atoms with Crippen LogP contribution in [0, 0.1) is 0 Å². The Morgan fingerprint density at radius 2 is 1.86 bits per heavy atom. The van der Waals surface area contributed by atoms with Gasteiger partial charge in [-0.3, -0.25) is 4.90 Å². The predicted molar refractivity (Wildman–Crippen MR) is 109 cm³/mol. The van der Waals surface area contributed by atoms with Gasteiger partial charge in [0.2, 0.25) is 0 Å². The molecule has 1 atom stereocenters. The number of benzene rings is 1. The van der Waals surface area contributed by atoms with Gasteiger partial charge in [0.05, 0.1) is 18.8 Å². The molecule has 2 aliphatic heterocycles. The molecule has 0 aliphatic carbocycles. The number of ether oxygens (including phenoxy) is 3. The molecule has 0 bridgehead atoms. The molecule has 2 fully saturated rings. The summed E-state index contributed by atoms with van der Waals surface area (Å²) >= 11 is 0. The fourth-order valence-corrected chi connectivity index (χ4v) is 4.15. The maximum Gasteiger partial charge on any atom is 0.410 e. The molecule has 3 rings (SSSR count). The van der Waals surface area contributed by atoms with Crippen LogP contribution in [0.25, 0.3) is 0 Å². The summed E-state index contributed by atoms with van der Waals surface area (Å²) in [5.74, 6) is 0.880. The van der Waals surface area contributed by atoms with Crippen LogP contribution in [0.1, 0.15) is 46.1 Å². The lowest BCUT2D eigenvalue weighted by atomic mass is 9.88. The molecule has 1 amide bonds. The van der Waals surface area contributed by atoms with Crippen molar-refractivity contribution in [2.24, 2.45) is 0 Å². The van der Waals surface area contributed by atoms with Crippen molar-refractivity contribution in [2.45, 2.75) is 64.4 Å². The van der Waals surface area contributed by atoms with Gasteiger partial charge in [0.1, 0.15) is 11.4 Å². The van der Waals surface area contributed by atoms with E-state index < -0.39 is 5.60 Å². The van der Waals surface area contributed by atoms with Crippen molar-refractivity contribution < 1.29 is 19.0 Å². The summed E-state index contributed by atoms with van der Waals surface area (Å²) in [4.78, 5) is 16.6. The van der Waals surface area contributed by atoms with Gasteiger partial charge in [-0.2, -0.15) is 0 Å². The molecule has 2 aliphatic rings. The number of methoxy groups -OCH3 is 1. The summed E-state index contributed by atoms with van der Waals surface area (Å²) in [6.07, 6.45) is 1.65.